The van der Waals surface area contributed by atoms with E-state index in [4.69, 9.17) is 4.74 Å². The van der Waals surface area contributed by atoms with Crippen LogP contribution in [0.25, 0.3) is 11.1 Å². The maximum Gasteiger partial charge on any atom is 0.411 e. The van der Waals surface area contributed by atoms with E-state index in [1.165, 1.54) is 30.3 Å². The minimum absolute atomic E-state index is 0.0955. The maximum atomic E-state index is 13.5. The van der Waals surface area contributed by atoms with E-state index in [1.807, 2.05) is 31.2 Å². The van der Waals surface area contributed by atoms with Crippen molar-refractivity contribution in [3.8, 4) is 11.1 Å². The second kappa shape index (κ2) is 9.59. The van der Waals surface area contributed by atoms with Crippen LogP contribution in [0.5, 0.6) is 0 Å². The number of carbonyl (C=O) groups is 2. The molecule has 0 bridgehead atoms. The fourth-order valence-electron chi connectivity index (χ4n) is 4.31. The quantitative estimate of drug-likeness (QED) is 0.484. The van der Waals surface area contributed by atoms with Gasteiger partial charge in [0.05, 0.1) is 12.2 Å². The SMILES string of the molecule is C[C@@H](c1ccc(-c2cncc(F)c2)cc1)N1CCC(CCC(=O)O)(c2ccc(F)cc2)OC1=O. The fraction of sp³-hybridized carbons (Fsp3) is 0.269. The summed E-state index contributed by atoms with van der Waals surface area (Å²) in [5.41, 5.74) is 1.76. The van der Waals surface area contributed by atoms with Gasteiger partial charge in [0.15, 0.2) is 0 Å². The van der Waals surface area contributed by atoms with Gasteiger partial charge in [-0.3, -0.25) is 9.78 Å². The van der Waals surface area contributed by atoms with Crippen LogP contribution in [0.2, 0.25) is 0 Å². The summed E-state index contributed by atoms with van der Waals surface area (Å²) in [5.74, 6) is -1.84. The van der Waals surface area contributed by atoms with Crippen molar-refractivity contribution in [2.75, 3.05) is 6.54 Å². The number of carboxylic acids is 1. The Balaban J connectivity index is 1.52. The fourth-order valence-corrected chi connectivity index (χ4v) is 4.31. The number of carboxylic acid groups (broad SMARTS) is 1. The van der Waals surface area contributed by atoms with Gasteiger partial charge in [0.25, 0.3) is 0 Å². The molecule has 2 atom stereocenters. The van der Waals surface area contributed by atoms with Crippen molar-refractivity contribution in [3.05, 3.63) is 89.8 Å². The summed E-state index contributed by atoms with van der Waals surface area (Å²) in [6, 6.07) is 14.1. The third-order valence-corrected chi connectivity index (χ3v) is 6.29. The Morgan fingerprint density at radius 3 is 2.41 bits per heavy atom. The van der Waals surface area contributed by atoms with E-state index in [1.54, 1.807) is 11.1 Å². The number of benzene rings is 2. The van der Waals surface area contributed by atoms with Gasteiger partial charge in [0.1, 0.15) is 17.2 Å². The molecule has 1 aromatic heterocycles. The lowest BCUT2D eigenvalue weighted by Gasteiger charge is -2.43. The van der Waals surface area contributed by atoms with E-state index < -0.39 is 29.3 Å². The van der Waals surface area contributed by atoms with Crippen molar-refractivity contribution in [1.82, 2.24) is 9.88 Å². The van der Waals surface area contributed by atoms with Gasteiger partial charge in [-0.15, -0.1) is 0 Å². The Hall–Kier alpha value is -3.81. The molecule has 1 saturated heterocycles. The van der Waals surface area contributed by atoms with Gasteiger partial charge in [-0.05, 0) is 41.8 Å². The van der Waals surface area contributed by atoms with Gasteiger partial charge < -0.3 is 14.7 Å². The minimum atomic E-state index is -1.13. The van der Waals surface area contributed by atoms with Crippen LogP contribution in [-0.2, 0) is 15.1 Å². The molecule has 0 spiro atoms. The zero-order valence-electron chi connectivity index (χ0n) is 18.6. The third kappa shape index (κ3) is 4.90. The number of carbonyl (C=O) groups excluding carboxylic acids is 1. The van der Waals surface area contributed by atoms with Crippen LogP contribution in [-0.4, -0.2) is 33.6 Å². The van der Waals surface area contributed by atoms with E-state index in [2.05, 4.69) is 4.98 Å². The second-order valence-electron chi connectivity index (χ2n) is 8.40. The van der Waals surface area contributed by atoms with Crippen LogP contribution in [0.1, 0.15) is 43.4 Å². The van der Waals surface area contributed by atoms with Crippen LogP contribution < -0.4 is 0 Å². The summed E-state index contributed by atoms with van der Waals surface area (Å²) >= 11 is 0. The van der Waals surface area contributed by atoms with E-state index in [-0.39, 0.29) is 18.9 Å². The molecule has 4 rings (SSSR count). The average molecular weight is 466 g/mol. The first-order chi connectivity index (χ1) is 16.3. The van der Waals surface area contributed by atoms with E-state index in [0.717, 1.165) is 17.3 Å². The molecule has 0 radical (unpaired) electrons. The first kappa shape index (κ1) is 23.4. The number of pyridine rings is 1. The molecule has 2 heterocycles. The number of rotatable bonds is 7. The zero-order valence-corrected chi connectivity index (χ0v) is 18.6. The molecule has 0 aliphatic carbocycles. The lowest BCUT2D eigenvalue weighted by atomic mass is 9.84. The number of aliphatic carboxylic acids is 1. The predicted molar refractivity (Wildman–Crippen MR) is 121 cm³/mol. The normalized spacial score (nSPS) is 18.9. The highest BCUT2D eigenvalue weighted by atomic mass is 19.1. The number of cyclic esters (lactones) is 1. The van der Waals surface area contributed by atoms with E-state index in [0.29, 0.717) is 24.1 Å². The molecule has 2 aromatic carbocycles. The molecule has 6 nitrogen and oxygen atoms in total. The first-order valence-corrected chi connectivity index (χ1v) is 11.0. The molecule has 1 fully saturated rings. The Morgan fingerprint density at radius 1 is 1.09 bits per heavy atom. The number of hydrogen-bond donors (Lipinski definition) is 1. The molecule has 8 heteroatoms. The van der Waals surface area contributed by atoms with Gasteiger partial charge in [-0.1, -0.05) is 36.4 Å². The van der Waals surface area contributed by atoms with E-state index in [9.17, 15) is 23.5 Å². The van der Waals surface area contributed by atoms with Gasteiger partial charge in [-0.2, -0.15) is 0 Å². The van der Waals surface area contributed by atoms with Crippen molar-refractivity contribution in [2.45, 2.75) is 37.8 Å². The average Bonchev–Trinajstić information content (AvgIpc) is 2.83. The summed E-state index contributed by atoms with van der Waals surface area (Å²) in [5, 5.41) is 9.19. The highest BCUT2D eigenvalue weighted by Crippen LogP contribution is 2.40. The van der Waals surface area contributed by atoms with Crippen LogP contribution in [0.4, 0.5) is 13.6 Å². The number of hydrogen-bond acceptors (Lipinski definition) is 4. The summed E-state index contributed by atoms with van der Waals surface area (Å²) in [4.78, 5) is 29.7. The number of aromatic nitrogens is 1. The van der Waals surface area contributed by atoms with Gasteiger partial charge in [0, 0.05) is 37.6 Å². The number of ether oxygens (including phenoxy) is 1. The Labute approximate surface area is 195 Å². The van der Waals surface area contributed by atoms with Crippen LogP contribution >= 0.6 is 0 Å². The molecule has 3 aromatic rings. The summed E-state index contributed by atoms with van der Waals surface area (Å²) in [6.07, 6.45) is 2.44. The number of amides is 1. The molecule has 0 saturated carbocycles. The summed E-state index contributed by atoms with van der Waals surface area (Å²) in [6.45, 7) is 2.22. The van der Waals surface area contributed by atoms with Gasteiger partial charge >= 0.3 is 12.1 Å². The standard InChI is InChI=1S/C26H24F2N2O4/c1-17(18-2-4-19(5-3-18)20-14-23(28)16-29-15-20)30-13-12-26(34-25(30)33,11-10-24(31)32)21-6-8-22(27)9-7-21/h2-9,14-17H,10-13H2,1H3,(H,31,32)/t17-,26?/m0/s1. The highest BCUT2D eigenvalue weighted by Gasteiger charge is 2.43. The maximum absolute atomic E-state index is 13.5. The number of halogens is 2. The van der Waals surface area contributed by atoms with Crippen molar-refractivity contribution in [3.63, 3.8) is 0 Å². The van der Waals surface area contributed by atoms with Gasteiger partial charge in [0.2, 0.25) is 0 Å². The van der Waals surface area contributed by atoms with Crippen LogP contribution in [0, 0.1) is 11.6 Å². The molecule has 1 unspecified atom stereocenters. The summed E-state index contributed by atoms with van der Waals surface area (Å²) < 4.78 is 32.8. The Morgan fingerprint density at radius 2 is 1.79 bits per heavy atom. The molecular formula is C26H24F2N2O4. The highest BCUT2D eigenvalue weighted by molar-refractivity contribution is 5.71. The number of nitrogens with zero attached hydrogens (tertiary/aromatic N) is 2. The molecule has 1 amide bonds. The zero-order chi connectivity index (χ0) is 24.3. The third-order valence-electron chi connectivity index (χ3n) is 6.29. The minimum Gasteiger partial charge on any atom is -0.481 e. The molecular weight excluding hydrogens is 442 g/mol. The molecule has 1 N–H and O–H groups in total. The summed E-state index contributed by atoms with van der Waals surface area (Å²) in [7, 11) is 0. The largest absolute Gasteiger partial charge is 0.481 e. The smallest absolute Gasteiger partial charge is 0.411 e. The van der Waals surface area contributed by atoms with Crippen molar-refractivity contribution < 1.29 is 28.2 Å². The topological polar surface area (TPSA) is 79.7 Å². The molecule has 1 aliphatic rings. The molecule has 34 heavy (non-hydrogen) atoms. The van der Waals surface area contributed by atoms with Crippen LogP contribution in [0.3, 0.4) is 0 Å². The van der Waals surface area contributed by atoms with Crippen molar-refractivity contribution >= 4 is 12.1 Å². The second-order valence-corrected chi connectivity index (χ2v) is 8.40. The lowest BCUT2D eigenvalue weighted by Crippen LogP contribution is -2.49. The molecule has 176 valence electrons. The first-order valence-electron chi connectivity index (χ1n) is 11.0. The van der Waals surface area contributed by atoms with Crippen molar-refractivity contribution in [1.29, 1.82) is 0 Å². The predicted octanol–water partition coefficient (Wildman–Crippen LogP) is 5.69. The van der Waals surface area contributed by atoms with E-state index >= 15 is 0 Å². The van der Waals surface area contributed by atoms with Crippen molar-refractivity contribution in [2.24, 2.45) is 0 Å². The Bertz CT molecular complexity index is 1180. The molecule has 1 aliphatic heterocycles. The van der Waals surface area contributed by atoms with Gasteiger partial charge in [-0.25, -0.2) is 13.6 Å². The lowest BCUT2D eigenvalue weighted by molar-refractivity contribution is -0.139. The monoisotopic (exact) mass is 466 g/mol. The van der Waals surface area contributed by atoms with Crippen LogP contribution in [0.15, 0.2) is 67.0 Å². The Kier molecular flexibility index (Phi) is 6.58.